The summed E-state index contributed by atoms with van der Waals surface area (Å²) in [5.74, 6) is -2.40. The van der Waals surface area contributed by atoms with E-state index in [-0.39, 0.29) is 5.56 Å². The second-order valence-electron chi connectivity index (χ2n) is 2.56. The summed E-state index contributed by atoms with van der Waals surface area (Å²) in [6.07, 6.45) is -3.43. The molecule has 1 heterocycles. The smallest absolute Gasteiger partial charge is 0.307 e. The van der Waals surface area contributed by atoms with Gasteiger partial charge in [0.25, 0.3) is 6.43 Å². The number of aromatic nitrogens is 1. The first-order valence-electron chi connectivity index (χ1n) is 3.66. The van der Waals surface area contributed by atoms with Crippen molar-refractivity contribution in [3.63, 3.8) is 0 Å². The first-order chi connectivity index (χ1) is 6.50. The SMILES string of the molecule is O=C(O)Cc1ccc(C(F)F)nc1F. The van der Waals surface area contributed by atoms with Crippen LogP contribution in [0.2, 0.25) is 0 Å². The number of hydrogen-bond acceptors (Lipinski definition) is 2. The van der Waals surface area contributed by atoms with Crippen LogP contribution in [0.3, 0.4) is 0 Å². The van der Waals surface area contributed by atoms with Gasteiger partial charge in [0.1, 0.15) is 5.69 Å². The summed E-state index contributed by atoms with van der Waals surface area (Å²) in [5.41, 5.74) is -0.904. The molecule has 1 aromatic heterocycles. The van der Waals surface area contributed by atoms with Crippen LogP contribution < -0.4 is 0 Å². The number of pyridine rings is 1. The molecule has 0 spiro atoms. The zero-order valence-electron chi connectivity index (χ0n) is 6.88. The van der Waals surface area contributed by atoms with Crippen molar-refractivity contribution in [3.8, 4) is 0 Å². The Morgan fingerprint density at radius 3 is 2.57 bits per heavy atom. The molecule has 3 nitrogen and oxygen atoms in total. The van der Waals surface area contributed by atoms with Crippen molar-refractivity contribution in [3.05, 3.63) is 29.3 Å². The van der Waals surface area contributed by atoms with E-state index < -0.39 is 30.5 Å². The third kappa shape index (κ3) is 2.45. The second kappa shape index (κ2) is 4.08. The Morgan fingerprint density at radius 2 is 2.14 bits per heavy atom. The second-order valence-corrected chi connectivity index (χ2v) is 2.56. The van der Waals surface area contributed by atoms with Gasteiger partial charge in [-0.3, -0.25) is 4.79 Å². The van der Waals surface area contributed by atoms with Crippen molar-refractivity contribution >= 4 is 5.97 Å². The number of nitrogens with zero attached hydrogens (tertiary/aromatic N) is 1. The molecule has 0 amide bonds. The summed E-state index contributed by atoms with van der Waals surface area (Å²) >= 11 is 0. The molecule has 0 bridgehead atoms. The quantitative estimate of drug-likeness (QED) is 0.765. The van der Waals surface area contributed by atoms with Gasteiger partial charge in [-0.05, 0) is 6.07 Å². The molecule has 0 unspecified atom stereocenters. The van der Waals surface area contributed by atoms with Gasteiger partial charge in [0, 0.05) is 5.56 Å². The molecule has 76 valence electrons. The van der Waals surface area contributed by atoms with Gasteiger partial charge < -0.3 is 5.11 Å². The van der Waals surface area contributed by atoms with Crippen LogP contribution in [0.25, 0.3) is 0 Å². The van der Waals surface area contributed by atoms with Gasteiger partial charge in [0.05, 0.1) is 6.42 Å². The van der Waals surface area contributed by atoms with E-state index in [0.717, 1.165) is 12.1 Å². The Hall–Kier alpha value is -1.59. The monoisotopic (exact) mass is 205 g/mol. The largest absolute Gasteiger partial charge is 0.481 e. The van der Waals surface area contributed by atoms with Crippen LogP contribution in [0.5, 0.6) is 0 Å². The molecule has 0 saturated heterocycles. The van der Waals surface area contributed by atoms with E-state index in [2.05, 4.69) is 4.98 Å². The Kier molecular flexibility index (Phi) is 3.06. The number of carboxylic acid groups (broad SMARTS) is 1. The summed E-state index contributed by atoms with van der Waals surface area (Å²) in [6.45, 7) is 0. The summed E-state index contributed by atoms with van der Waals surface area (Å²) in [4.78, 5) is 13.1. The highest BCUT2D eigenvalue weighted by Crippen LogP contribution is 2.17. The molecule has 6 heteroatoms. The van der Waals surface area contributed by atoms with Crippen LogP contribution in [0.1, 0.15) is 17.7 Å². The lowest BCUT2D eigenvalue weighted by Gasteiger charge is -2.02. The zero-order chi connectivity index (χ0) is 10.7. The van der Waals surface area contributed by atoms with Crippen molar-refractivity contribution in [2.24, 2.45) is 0 Å². The maximum atomic E-state index is 12.9. The maximum Gasteiger partial charge on any atom is 0.307 e. The van der Waals surface area contributed by atoms with Crippen molar-refractivity contribution in [1.29, 1.82) is 0 Å². The lowest BCUT2D eigenvalue weighted by Crippen LogP contribution is -2.05. The fourth-order valence-corrected chi connectivity index (χ4v) is 0.893. The van der Waals surface area contributed by atoms with E-state index in [9.17, 15) is 18.0 Å². The fourth-order valence-electron chi connectivity index (χ4n) is 0.893. The minimum Gasteiger partial charge on any atom is -0.481 e. The predicted molar refractivity (Wildman–Crippen MR) is 40.5 cm³/mol. The number of carboxylic acids is 1. The van der Waals surface area contributed by atoms with Gasteiger partial charge in [-0.1, -0.05) is 6.07 Å². The molecule has 0 fully saturated rings. The first kappa shape index (κ1) is 10.5. The van der Waals surface area contributed by atoms with Gasteiger partial charge in [-0.15, -0.1) is 0 Å². The number of alkyl halides is 2. The Morgan fingerprint density at radius 1 is 1.50 bits per heavy atom. The molecule has 0 saturated carbocycles. The molecule has 0 aliphatic rings. The molecule has 1 aromatic rings. The van der Waals surface area contributed by atoms with Gasteiger partial charge in [-0.2, -0.15) is 4.39 Å². The first-order valence-corrected chi connectivity index (χ1v) is 3.66. The molecular weight excluding hydrogens is 199 g/mol. The Bertz CT molecular complexity index is 354. The van der Waals surface area contributed by atoms with Gasteiger partial charge >= 0.3 is 5.97 Å². The third-order valence-electron chi connectivity index (χ3n) is 1.51. The summed E-state index contributed by atoms with van der Waals surface area (Å²) < 4.78 is 36.9. The highest BCUT2D eigenvalue weighted by molar-refractivity contribution is 5.70. The standard InChI is InChI=1S/C8H6F3NO2/c9-7(10)5-2-1-4(3-6(13)14)8(11)12-5/h1-2,7H,3H2,(H,13,14). The lowest BCUT2D eigenvalue weighted by atomic mass is 10.2. The summed E-state index contributed by atoms with van der Waals surface area (Å²) in [5, 5.41) is 8.33. The van der Waals surface area contributed by atoms with E-state index >= 15 is 0 Å². The predicted octanol–water partition coefficient (Wildman–Crippen LogP) is 1.79. The van der Waals surface area contributed by atoms with E-state index in [0.29, 0.717) is 0 Å². The van der Waals surface area contributed by atoms with Gasteiger partial charge in [0.2, 0.25) is 5.95 Å². The molecule has 0 aliphatic heterocycles. The van der Waals surface area contributed by atoms with Crippen LogP contribution in [0.15, 0.2) is 12.1 Å². The molecule has 0 aromatic carbocycles. The van der Waals surface area contributed by atoms with Crippen LogP contribution in [-0.4, -0.2) is 16.1 Å². The number of carbonyl (C=O) groups is 1. The lowest BCUT2D eigenvalue weighted by molar-refractivity contribution is -0.136. The molecular formula is C8H6F3NO2. The molecule has 0 aliphatic carbocycles. The number of hydrogen-bond donors (Lipinski definition) is 1. The maximum absolute atomic E-state index is 12.9. The molecule has 0 atom stereocenters. The minimum atomic E-state index is -2.86. The Labute approximate surface area is 77.2 Å². The van der Waals surface area contributed by atoms with E-state index in [4.69, 9.17) is 5.11 Å². The number of halogens is 3. The summed E-state index contributed by atoms with van der Waals surface area (Å²) in [6, 6.07) is 1.91. The molecule has 14 heavy (non-hydrogen) atoms. The topological polar surface area (TPSA) is 50.2 Å². The van der Waals surface area contributed by atoms with Crippen molar-refractivity contribution in [2.75, 3.05) is 0 Å². The fraction of sp³-hybridized carbons (Fsp3) is 0.250. The third-order valence-corrected chi connectivity index (χ3v) is 1.51. The normalized spacial score (nSPS) is 10.6. The van der Waals surface area contributed by atoms with Crippen LogP contribution in [0, 0.1) is 5.95 Å². The molecule has 1 N–H and O–H groups in total. The van der Waals surface area contributed by atoms with Crippen molar-refractivity contribution in [1.82, 2.24) is 4.98 Å². The number of rotatable bonds is 3. The van der Waals surface area contributed by atoms with Crippen molar-refractivity contribution in [2.45, 2.75) is 12.8 Å². The Balaban J connectivity index is 2.95. The molecule has 1 rings (SSSR count). The highest BCUT2D eigenvalue weighted by Gasteiger charge is 2.13. The van der Waals surface area contributed by atoms with Crippen molar-refractivity contribution < 1.29 is 23.1 Å². The van der Waals surface area contributed by atoms with Gasteiger partial charge in [-0.25, -0.2) is 13.8 Å². The zero-order valence-corrected chi connectivity index (χ0v) is 6.88. The highest BCUT2D eigenvalue weighted by atomic mass is 19.3. The van der Waals surface area contributed by atoms with Crippen LogP contribution in [0.4, 0.5) is 13.2 Å². The summed E-state index contributed by atoms with van der Waals surface area (Å²) in [7, 11) is 0. The van der Waals surface area contributed by atoms with E-state index in [1.165, 1.54) is 0 Å². The van der Waals surface area contributed by atoms with Gasteiger partial charge in [0.15, 0.2) is 0 Å². The average Bonchev–Trinajstić information content (AvgIpc) is 2.07. The van der Waals surface area contributed by atoms with E-state index in [1.807, 2.05) is 0 Å². The van der Waals surface area contributed by atoms with Crippen LogP contribution >= 0.6 is 0 Å². The average molecular weight is 205 g/mol. The van der Waals surface area contributed by atoms with Crippen LogP contribution in [-0.2, 0) is 11.2 Å². The number of aliphatic carboxylic acids is 1. The van der Waals surface area contributed by atoms with E-state index in [1.54, 1.807) is 0 Å². The molecule has 0 radical (unpaired) electrons. The minimum absolute atomic E-state index is 0.207.